The molecule has 0 aliphatic carbocycles. The summed E-state index contributed by atoms with van der Waals surface area (Å²) in [5, 5.41) is 19.7. The van der Waals surface area contributed by atoms with Crippen molar-refractivity contribution in [2.45, 2.75) is 18.9 Å². The standard InChI is InChI=1S/C16H19FN2O2S/c1-16(21,13-2-4-14(17)5-3-13)11-19-15(20)18-8-6-12-7-9-22-10-12/h2-5,7,9-10,21H,6,8,11H2,1H3,(H2,18,19,20). The first-order chi connectivity index (χ1) is 10.5. The average Bonchev–Trinajstić information content (AvgIpc) is 2.99. The van der Waals surface area contributed by atoms with E-state index >= 15 is 0 Å². The second-order valence-electron chi connectivity index (χ2n) is 5.27. The normalized spacial score (nSPS) is 13.4. The zero-order valence-corrected chi connectivity index (χ0v) is 13.1. The van der Waals surface area contributed by atoms with E-state index in [1.165, 1.54) is 29.8 Å². The van der Waals surface area contributed by atoms with Gasteiger partial charge in [0.15, 0.2) is 0 Å². The fourth-order valence-electron chi connectivity index (χ4n) is 1.98. The van der Waals surface area contributed by atoms with Crippen molar-refractivity contribution in [3.8, 4) is 0 Å². The summed E-state index contributed by atoms with van der Waals surface area (Å²) in [5.41, 5.74) is 0.481. The van der Waals surface area contributed by atoms with E-state index in [-0.39, 0.29) is 18.4 Å². The van der Waals surface area contributed by atoms with Crippen LogP contribution in [-0.2, 0) is 12.0 Å². The van der Waals surface area contributed by atoms with E-state index in [0.717, 1.165) is 6.42 Å². The summed E-state index contributed by atoms with van der Waals surface area (Å²) in [6.07, 6.45) is 0.769. The fraction of sp³-hybridized carbons (Fsp3) is 0.312. The number of hydrogen-bond acceptors (Lipinski definition) is 3. The summed E-state index contributed by atoms with van der Waals surface area (Å²) in [6.45, 7) is 2.15. The van der Waals surface area contributed by atoms with Gasteiger partial charge in [0.25, 0.3) is 0 Å². The van der Waals surface area contributed by atoms with E-state index in [0.29, 0.717) is 12.1 Å². The molecule has 0 bridgehead atoms. The second-order valence-corrected chi connectivity index (χ2v) is 6.05. The van der Waals surface area contributed by atoms with Gasteiger partial charge in [0.1, 0.15) is 11.4 Å². The van der Waals surface area contributed by atoms with E-state index in [2.05, 4.69) is 10.6 Å². The van der Waals surface area contributed by atoms with Gasteiger partial charge in [-0.05, 0) is 53.4 Å². The number of halogens is 1. The molecule has 0 radical (unpaired) electrons. The highest BCUT2D eigenvalue weighted by Gasteiger charge is 2.23. The second kappa shape index (κ2) is 7.38. The predicted molar refractivity (Wildman–Crippen MR) is 85.4 cm³/mol. The molecule has 1 heterocycles. The molecule has 118 valence electrons. The first-order valence-electron chi connectivity index (χ1n) is 6.98. The van der Waals surface area contributed by atoms with Gasteiger partial charge in [0.05, 0.1) is 6.54 Å². The van der Waals surface area contributed by atoms with Crippen molar-refractivity contribution in [3.63, 3.8) is 0 Å². The highest BCUT2D eigenvalue weighted by atomic mass is 32.1. The third-order valence-corrected chi connectivity index (χ3v) is 4.07. The fourth-order valence-corrected chi connectivity index (χ4v) is 2.68. The number of carbonyl (C=O) groups is 1. The molecule has 0 aliphatic rings. The number of thiophene rings is 1. The zero-order chi connectivity index (χ0) is 16.0. The van der Waals surface area contributed by atoms with E-state index < -0.39 is 5.60 Å². The van der Waals surface area contributed by atoms with Crippen molar-refractivity contribution in [2.24, 2.45) is 0 Å². The summed E-state index contributed by atoms with van der Waals surface area (Å²) < 4.78 is 12.9. The third-order valence-electron chi connectivity index (χ3n) is 3.34. The van der Waals surface area contributed by atoms with Crippen LogP contribution in [0.25, 0.3) is 0 Å². The molecule has 0 fully saturated rings. The molecule has 2 amide bonds. The van der Waals surface area contributed by atoms with Gasteiger partial charge >= 0.3 is 6.03 Å². The van der Waals surface area contributed by atoms with E-state index in [9.17, 15) is 14.3 Å². The van der Waals surface area contributed by atoms with Crippen LogP contribution in [0.5, 0.6) is 0 Å². The van der Waals surface area contributed by atoms with Crippen molar-refractivity contribution in [1.29, 1.82) is 0 Å². The maximum Gasteiger partial charge on any atom is 0.314 e. The molecule has 1 unspecified atom stereocenters. The Labute approximate surface area is 133 Å². The predicted octanol–water partition coefficient (Wildman–Crippen LogP) is 2.64. The number of aliphatic hydroxyl groups is 1. The van der Waals surface area contributed by atoms with Crippen LogP contribution in [-0.4, -0.2) is 24.2 Å². The Morgan fingerprint density at radius 3 is 2.64 bits per heavy atom. The van der Waals surface area contributed by atoms with Gasteiger partial charge < -0.3 is 15.7 Å². The minimum atomic E-state index is -1.25. The van der Waals surface area contributed by atoms with Gasteiger partial charge in [-0.3, -0.25) is 0 Å². The molecule has 6 heteroatoms. The largest absolute Gasteiger partial charge is 0.384 e. The van der Waals surface area contributed by atoms with E-state index in [1.54, 1.807) is 18.3 Å². The highest BCUT2D eigenvalue weighted by molar-refractivity contribution is 7.07. The summed E-state index contributed by atoms with van der Waals surface area (Å²) >= 11 is 1.62. The summed E-state index contributed by atoms with van der Waals surface area (Å²) in [4.78, 5) is 11.7. The van der Waals surface area contributed by atoms with Crippen molar-refractivity contribution in [3.05, 3.63) is 58.0 Å². The maximum atomic E-state index is 12.9. The number of rotatable bonds is 6. The Morgan fingerprint density at radius 1 is 1.27 bits per heavy atom. The molecule has 0 saturated heterocycles. The van der Waals surface area contributed by atoms with Gasteiger partial charge in [0, 0.05) is 6.54 Å². The van der Waals surface area contributed by atoms with Crippen LogP contribution in [0.3, 0.4) is 0 Å². The lowest BCUT2D eigenvalue weighted by Crippen LogP contribution is -2.43. The summed E-state index contributed by atoms with van der Waals surface area (Å²) in [5.74, 6) is -0.362. The van der Waals surface area contributed by atoms with Gasteiger partial charge in [-0.1, -0.05) is 12.1 Å². The van der Waals surface area contributed by atoms with Crippen LogP contribution >= 0.6 is 11.3 Å². The molecule has 2 aromatic rings. The van der Waals surface area contributed by atoms with Crippen LogP contribution < -0.4 is 10.6 Å². The molecular weight excluding hydrogens is 303 g/mol. The molecule has 0 saturated carbocycles. The Balaban J connectivity index is 1.76. The number of hydrogen-bond donors (Lipinski definition) is 3. The molecule has 1 atom stereocenters. The SMILES string of the molecule is CC(O)(CNC(=O)NCCc1ccsc1)c1ccc(F)cc1. The van der Waals surface area contributed by atoms with Gasteiger partial charge in [-0.25, -0.2) is 9.18 Å². The molecule has 0 spiro atoms. The Bertz CT molecular complexity index is 597. The lowest BCUT2D eigenvalue weighted by atomic mass is 9.96. The minimum Gasteiger partial charge on any atom is -0.384 e. The van der Waals surface area contributed by atoms with Crippen molar-refractivity contribution in [2.75, 3.05) is 13.1 Å². The van der Waals surface area contributed by atoms with Crippen LogP contribution in [0.4, 0.5) is 9.18 Å². The lowest BCUT2D eigenvalue weighted by Gasteiger charge is -2.24. The van der Waals surface area contributed by atoms with Crippen molar-refractivity contribution >= 4 is 17.4 Å². The van der Waals surface area contributed by atoms with Gasteiger partial charge in [-0.2, -0.15) is 11.3 Å². The van der Waals surface area contributed by atoms with Gasteiger partial charge in [-0.15, -0.1) is 0 Å². The van der Waals surface area contributed by atoms with Crippen LogP contribution in [0.1, 0.15) is 18.1 Å². The highest BCUT2D eigenvalue weighted by Crippen LogP contribution is 2.19. The molecule has 0 aliphatic heterocycles. The van der Waals surface area contributed by atoms with Gasteiger partial charge in [0.2, 0.25) is 0 Å². The number of urea groups is 1. The summed E-state index contributed by atoms with van der Waals surface area (Å²) in [7, 11) is 0. The number of carbonyl (C=O) groups excluding carboxylic acids is 1. The number of nitrogens with one attached hydrogen (secondary N) is 2. The molecule has 4 nitrogen and oxygen atoms in total. The topological polar surface area (TPSA) is 61.4 Å². The zero-order valence-electron chi connectivity index (χ0n) is 12.3. The first kappa shape index (κ1) is 16.5. The van der Waals surface area contributed by atoms with E-state index in [1.807, 2.05) is 16.8 Å². The van der Waals surface area contributed by atoms with Crippen LogP contribution in [0, 0.1) is 5.82 Å². The van der Waals surface area contributed by atoms with Crippen molar-refractivity contribution in [1.82, 2.24) is 10.6 Å². The first-order valence-corrected chi connectivity index (χ1v) is 7.93. The minimum absolute atomic E-state index is 0.0446. The van der Waals surface area contributed by atoms with Crippen LogP contribution in [0.2, 0.25) is 0 Å². The quantitative estimate of drug-likeness (QED) is 0.765. The Kier molecular flexibility index (Phi) is 5.51. The molecule has 3 N–H and O–H groups in total. The molecule has 1 aromatic carbocycles. The number of amides is 2. The van der Waals surface area contributed by atoms with E-state index in [4.69, 9.17) is 0 Å². The molecule has 22 heavy (non-hydrogen) atoms. The maximum absolute atomic E-state index is 12.9. The molecular formula is C16H19FN2O2S. The Morgan fingerprint density at radius 2 is 2.00 bits per heavy atom. The summed E-state index contributed by atoms with van der Waals surface area (Å²) in [6, 6.07) is 7.26. The monoisotopic (exact) mass is 322 g/mol. The third kappa shape index (κ3) is 4.82. The smallest absolute Gasteiger partial charge is 0.314 e. The lowest BCUT2D eigenvalue weighted by molar-refractivity contribution is 0.0593. The van der Waals surface area contributed by atoms with Crippen molar-refractivity contribution < 1.29 is 14.3 Å². The molecule has 2 rings (SSSR count). The Hall–Kier alpha value is -1.92. The van der Waals surface area contributed by atoms with Crippen LogP contribution in [0.15, 0.2) is 41.1 Å². The molecule has 1 aromatic heterocycles. The average molecular weight is 322 g/mol. The number of benzene rings is 1.